The zero-order chi connectivity index (χ0) is 22.4. The predicted molar refractivity (Wildman–Crippen MR) is 114 cm³/mol. The standard InChI is InChI=1S/C23H26N2O6/c1-14(11-21(26)27)24-22(28)20(13-30-2)25-23(29)31-12-19-17-9-5-3-7-15(17)16-8-4-6-10-18(16)19/h3-10,14,19-20H,11-13H2,1-2H3,(H,24,28)(H,25,29)(H,26,27)/t14-,20-/m0/s1. The number of carboxylic acid groups (broad SMARTS) is 1. The van der Waals surface area contributed by atoms with E-state index in [0.717, 1.165) is 22.3 Å². The van der Waals surface area contributed by atoms with Crippen molar-refractivity contribution >= 4 is 18.0 Å². The first-order valence-corrected chi connectivity index (χ1v) is 10.0. The fraction of sp³-hybridized carbons (Fsp3) is 0.348. The Morgan fingerprint density at radius 3 is 2.13 bits per heavy atom. The van der Waals surface area contributed by atoms with Crippen molar-refractivity contribution in [1.29, 1.82) is 0 Å². The Kier molecular flexibility index (Phi) is 7.25. The lowest BCUT2D eigenvalue weighted by atomic mass is 9.98. The molecule has 2 amide bonds. The molecular weight excluding hydrogens is 400 g/mol. The Labute approximate surface area is 180 Å². The summed E-state index contributed by atoms with van der Waals surface area (Å²) in [5, 5.41) is 13.9. The minimum Gasteiger partial charge on any atom is -0.481 e. The van der Waals surface area contributed by atoms with Gasteiger partial charge in [0.05, 0.1) is 13.0 Å². The number of hydrogen-bond donors (Lipinski definition) is 3. The number of benzene rings is 2. The van der Waals surface area contributed by atoms with Gasteiger partial charge in [-0.2, -0.15) is 0 Å². The first-order valence-electron chi connectivity index (χ1n) is 10.0. The fourth-order valence-electron chi connectivity index (χ4n) is 3.79. The van der Waals surface area contributed by atoms with E-state index >= 15 is 0 Å². The maximum absolute atomic E-state index is 12.4. The van der Waals surface area contributed by atoms with Crippen LogP contribution in [0.3, 0.4) is 0 Å². The second-order valence-corrected chi connectivity index (χ2v) is 7.49. The highest BCUT2D eigenvalue weighted by molar-refractivity contribution is 5.86. The van der Waals surface area contributed by atoms with Crippen LogP contribution in [0.1, 0.15) is 30.4 Å². The molecule has 2 aromatic carbocycles. The lowest BCUT2D eigenvalue weighted by molar-refractivity contribution is -0.137. The average Bonchev–Trinajstić information content (AvgIpc) is 3.05. The molecule has 0 radical (unpaired) electrons. The van der Waals surface area contributed by atoms with E-state index in [2.05, 4.69) is 10.6 Å². The largest absolute Gasteiger partial charge is 0.481 e. The molecule has 3 rings (SSSR count). The van der Waals surface area contributed by atoms with E-state index in [0.29, 0.717) is 0 Å². The number of fused-ring (bicyclic) bond motifs is 3. The van der Waals surface area contributed by atoms with Crippen LogP contribution in [0.2, 0.25) is 0 Å². The Bertz CT molecular complexity index is 915. The highest BCUT2D eigenvalue weighted by Gasteiger charge is 2.30. The van der Waals surface area contributed by atoms with Crippen LogP contribution in [-0.2, 0) is 19.1 Å². The summed E-state index contributed by atoms with van der Waals surface area (Å²) in [7, 11) is 1.40. The molecule has 0 aliphatic heterocycles. The SMILES string of the molecule is COC[C@H](NC(=O)OCC1c2ccccc2-c2ccccc21)C(=O)N[C@@H](C)CC(=O)O. The molecule has 0 spiro atoms. The summed E-state index contributed by atoms with van der Waals surface area (Å²) in [5.41, 5.74) is 4.42. The first kappa shape index (κ1) is 22.3. The van der Waals surface area contributed by atoms with Crippen molar-refractivity contribution in [3.05, 3.63) is 59.7 Å². The van der Waals surface area contributed by atoms with Gasteiger partial charge in [-0.15, -0.1) is 0 Å². The smallest absolute Gasteiger partial charge is 0.407 e. The van der Waals surface area contributed by atoms with Gasteiger partial charge in [-0.1, -0.05) is 48.5 Å². The third-order valence-corrected chi connectivity index (χ3v) is 5.16. The number of hydrogen-bond acceptors (Lipinski definition) is 5. The quantitative estimate of drug-likeness (QED) is 0.568. The Morgan fingerprint density at radius 2 is 1.58 bits per heavy atom. The van der Waals surface area contributed by atoms with Gasteiger partial charge < -0.3 is 25.2 Å². The zero-order valence-electron chi connectivity index (χ0n) is 17.5. The lowest BCUT2D eigenvalue weighted by Gasteiger charge is -2.21. The Balaban J connectivity index is 1.62. The van der Waals surface area contributed by atoms with Gasteiger partial charge in [0.25, 0.3) is 0 Å². The molecule has 0 fully saturated rings. The summed E-state index contributed by atoms with van der Waals surface area (Å²) in [6.07, 6.45) is -0.971. The van der Waals surface area contributed by atoms with Crippen LogP contribution in [0.4, 0.5) is 4.79 Å². The second kappa shape index (κ2) is 10.1. The van der Waals surface area contributed by atoms with Gasteiger partial charge in [-0.3, -0.25) is 9.59 Å². The molecule has 2 atom stereocenters. The maximum Gasteiger partial charge on any atom is 0.407 e. The van der Waals surface area contributed by atoms with Gasteiger partial charge in [-0.25, -0.2) is 4.79 Å². The van der Waals surface area contributed by atoms with Crippen LogP contribution < -0.4 is 10.6 Å². The number of ether oxygens (including phenoxy) is 2. The fourth-order valence-corrected chi connectivity index (χ4v) is 3.79. The topological polar surface area (TPSA) is 114 Å². The molecule has 0 aromatic heterocycles. The van der Waals surface area contributed by atoms with E-state index in [1.165, 1.54) is 7.11 Å². The van der Waals surface area contributed by atoms with Crippen LogP contribution >= 0.6 is 0 Å². The molecule has 164 valence electrons. The van der Waals surface area contributed by atoms with Gasteiger partial charge in [-0.05, 0) is 29.2 Å². The van der Waals surface area contributed by atoms with Gasteiger partial charge in [0, 0.05) is 19.1 Å². The van der Waals surface area contributed by atoms with Crippen molar-refractivity contribution in [1.82, 2.24) is 10.6 Å². The summed E-state index contributed by atoms with van der Waals surface area (Å²) >= 11 is 0. The number of carbonyl (C=O) groups is 3. The van der Waals surface area contributed by atoms with Gasteiger partial charge in [0.1, 0.15) is 12.6 Å². The number of carbonyl (C=O) groups excluding carboxylic acids is 2. The minimum absolute atomic E-state index is 0.0736. The van der Waals surface area contributed by atoms with E-state index in [4.69, 9.17) is 14.6 Å². The number of nitrogens with one attached hydrogen (secondary N) is 2. The third-order valence-electron chi connectivity index (χ3n) is 5.16. The van der Waals surface area contributed by atoms with Crippen molar-refractivity contribution in [2.45, 2.75) is 31.3 Å². The van der Waals surface area contributed by atoms with Crippen molar-refractivity contribution in [2.75, 3.05) is 20.3 Å². The number of carboxylic acids is 1. The molecule has 0 unspecified atom stereocenters. The van der Waals surface area contributed by atoms with Gasteiger partial charge in [0.15, 0.2) is 0 Å². The summed E-state index contributed by atoms with van der Waals surface area (Å²) in [6, 6.07) is 14.4. The maximum atomic E-state index is 12.4. The van der Waals surface area contributed by atoms with Crippen LogP contribution in [0, 0.1) is 0 Å². The summed E-state index contributed by atoms with van der Waals surface area (Å²) in [4.78, 5) is 35.6. The zero-order valence-corrected chi connectivity index (χ0v) is 17.5. The van der Waals surface area contributed by atoms with E-state index in [-0.39, 0.29) is 25.6 Å². The normalized spacial score (nSPS) is 14.1. The second-order valence-electron chi connectivity index (χ2n) is 7.49. The number of methoxy groups -OCH3 is 1. The molecule has 2 aromatic rings. The first-order chi connectivity index (χ1) is 14.9. The molecule has 0 saturated carbocycles. The summed E-state index contributed by atoms with van der Waals surface area (Å²) in [5.74, 6) is -1.66. The number of rotatable bonds is 9. The number of amides is 2. The highest BCUT2D eigenvalue weighted by Crippen LogP contribution is 2.44. The molecule has 1 aliphatic carbocycles. The van der Waals surface area contributed by atoms with Crippen LogP contribution in [-0.4, -0.2) is 55.5 Å². The van der Waals surface area contributed by atoms with Crippen LogP contribution in [0.5, 0.6) is 0 Å². The van der Waals surface area contributed by atoms with Crippen molar-refractivity contribution in [2.24, 2.45) is 0 Å². The summed E-state index contributed by atoms with van der Waals surface area (Å²) < 4.78 is 10.5. The Hall–Kier alpha value is -3.39. The van der Waals surface area contributed by atoms with E-state index < -0.39 is 30.1 Å². The van der Waals surface area contributed by atoms with Crippen molar-refractivity contribution < 1.29 is 29.0 Å². The molecule has 0 saturated heterocycles. The highest BCUT2D eigenvalue weighted by atomic mass is 16.5. The molecule has 8 nitrogen and oxygen atoms in total. The monoisotopic (exact) mass is 426 g/mol. The van der Waals surface area contributed by atoms with E-state index in [1.54, 1.807) is 6.92 Å². The Morgan fingerprint density at radius 1 is 1.00 bits per heavy atom. The predicted octanol–water partition coefficient (Wildman–Crippen LogP) is 2.52. The lowest BCUT2D eigenvalue weighted by Crippen LogP contribution is -2.51. The van der Waals surface area contributed by atoms with Crippen LogP contribution in [0.15, 0.2) is 48.5 Å². The van der Waals surface area contributed by atoms with Crippen molar-refractivity contribution in [3.63, 3.8) is 0 Å². The minimum atomic E-state index is -1.03. The molecule has 1 aliphatic rings. The van der Waals surface area contributed by atoms with E-state index in [1.807, 2.05) is 48.5 Å². The molecule has 0 heterocycles. The molecule has 31 heavy (non-hydrogen) atoms. The number of aliphatic carboxylic acids is 1. The third kappa shape index (κ3) is 5.40. The molecule has 8 heteroatoms. The molecule has 3 N–H and O–H groups in total. The molecule has 0 bridgehead atoms. The number of alkyl carbamates (subject to hydrolysis) is 1. The van der Waals surface area contributed by atoms with Crippen LogP contribution in [0.25, 0.3) is 11.1 Å². The molecular formula is C23H26N2O6. The van der Waals surface area contributed by atoms with Crippen molar-refractivity contribution in [3.8, 4) is 11.1 Å². The average molecular weight is 426 g/mol. The van der Waals surface area contributed by atoms with E-state index in [9.17, 15) is 14.4 Å². The summed E-state index contributed by atoms with van der Waals surface area (Å²) in [6.45, 7) is 1.62. The van der Waals surface area contributed by atoms with Gasteiger partial charge in [0.2, 0.25) is 5.91 Å². The van der Waals surface area contributed by atoms with Gasteiger partial charge >= 0.3 is 12.1 Å².